The quantitative estimate of drug-likeness (QED) is 0.775. The topological polar surface area (TPSA) is 37.3 Å². The smallest absolute Gasteiger partial charge is 0.141 e. The predicted octanol–water partition coefficient (Wildman–Crippen LogP) is 4.31. The van der Waals surface area contributed by atoms with E-state index in [2.05, 4.69) is 26.8 Å². The van der Waals surface area contributed by atoms with Gasteiger partial charge in [0.1, 0.15) is 11.5 Å². The lowest BCUT2D eigenvalue weighted by atomic mass is 9.52. The standard InChI is InChI=1S/C20H26O2/c1-11-8-17-16-6-4-13-9-14(21)5-7-15(13)18(16)12(2)10-20(17,3)19(11)22/h5,7,9,11-12,16-18,21H,4,6,8,10H2,1-3H3. The van der Waals surface area contributed by atoms with E-state index in [9.17, 15) is 9.90 Å². The summed E-state index contributed by atoms with van der Waals surface area (Å²) in [4.78, 5) is 12.7. The highest BCUT2D eigenvalue weighted by molar-refractivity contribution is 5.89. The van der Waals surface area contributed by atoms with Gasteiger partial charge in [0.2, 0.25) is 0 Å². The molecule has 118 valence electrons. The number of phenols is 1. The maximum atomic E-state index is 12.7. The molecule has 1 aromatic carbocycles. The molecule has 0 spiro atoms. The average Bonchev–Trinajstić information content (AvgIpc) is 2.70. The largest absolute Gasteiger partial charge is 0.508 e. The summed E-state index contributed by atoms with van der Waals surface area (Å²) in [6, 6.07) is 5.93. The number of hydrogen-bond donors (Lipinski definition) is 1. The fourth-order valence-electron chi connectivity index (χ4n) is 6.23. The van der Waals surface area contributed by atoms with Crippen LogP contribution in [0.25, 0.3) is 0 Å². The number of benzene rings is 1. The van der Waals surface area contributed by atoms with Gasteiger partial charge < -0.3 is 5.11 Å². The molecule has 4 rings (SSSR count). The highest BCUT2D eigenvalue weighted by Gasteiger charge is 2.58. The van der Waals surface area contributed by atoms with E-state index < -0.39 is 0 Å². The molecule has 3 aliphatic rings. The summed E-state index contributed by atoms with van der Waals surface area (Å²) in [5, 5.41) is 9.77. The molecule has 0 amide bonds. The second kappa shape index (κ2) is 4.59. The van der Waals surface area contributed by atoms with Crippen LogP contribution in [0.4, 0.5) is 0 Å². The molecule has 6 atom stereocenters. The zero-order chi connectivity index (χ0) is 15.6. The van der Waals surface area contributed by atoms with Crippen molar-refractivity contribution in [3.05, 3.63) is 29.3 Å². The summed E-state index contributed by atoms with van der Waals surface area (Å²) in [5.41, 5.74) is 2.68. The average molecular weight is 298 g/mol. The molecule has 0 aromatic heterocycles. The third kappa shape index (κ3) is 1.76. The fourth-order valence-corrected chi connectivity index (χ4v) is 6.23. The summed E-state index contributed by atoms with van der Waals surface area (Å²) in [6.45, 7) is 6.69. The number of Topliss-reactive ketones (excluding diaryl/α,β-unsaturated/α-hetero) is 1. The number of phenolic OH excluding ortho intramolecular Hbond substituents is 1. The van der Waals surface area contributed by atoms with Crippen molar-refractivity contribution in [1.29, 1.82) is 0 Å². The molecule has 0 radical (unpaired) electrons. The Morgan fingerprint density at radius 3 is 2.82 bits per heavy atom. The molecular weight excluding hydrogens is 272 g/mol. The zero-order valence-corrected chi connectivity index (χ0v) is 13.8. The first-order valence-electron chi connectivity index (χ1n) is 8.78. The number of carbonyl (C=O) groups excluding carboxylic acids is 1. The van der Waals surface area contributed by atoms with Crippen LogP contribution in [-0.4, -0.2) is 10.9 Å². The summed E-state index contributed by atoms with van der Waals surface area (Å²) in [7, 11) is 0. The van der Waals surface area contributed by atoms with Crippen molar-refractivity contribution in [3.8, 4) is 5.75 Å². The number of hydrogen-bond acceptors (Lipinski definition) is 2. The number of ketones is 1. The molecule has 22 heavy (non-hydrogen) atoms. The Labute approximate surface area is 132 Å². The summed E-state index contributed by atoms with van der Waals surface area (Å²) >= 11 is 0. The first kappa shape index (κ1) is 14.3. The van der Waals surface area contributed by atoms with Crippen LogP contribution in [0, 0.1) is 29.1 Å². The Hall–Kier alpha value is -1.31. The van der Waals surface area contributed by atoms with E-state index in [1.165, 1.54) is 17.5 Å². The van der Waals surface area contributed by atoms with E-state index in [1.54, 1.807) is 0 Å². The van der Waals surface area contributed by atoms with E-state index >= 15 is 0 Å². The molecule has 1 N–H and O–H groups in total. The monoisotopic (exact) mass is 298 g/mol. The maximum absolute atomic E-state index is 12.7. The Bertz CT molecular complexity index is 635. The van der Waals surface area contributed by atoms with Crippen molar-refractivity contribution in [3.63, 3.8) is 0 Å². The molecule has 0 bridgehead atoms. The molecule has 2 saturated carbocycles. The number of aryl methyl sites for hydroxylation is 1. The minimum Gasteiger partial charge on any atom is -0.508 e. The third-order valence-corrected chi connectivity index (χ3v) is 7.01. The van der Waals surface area contributed by atoms with Gasteiger partial charge in [-0.3, -0.25) is 4.79 Å². The molecule has 2 fully saturated rings. The van der Waals surface area contributed by atoms with Crippen LogP contribution in [0.15, 0.2) is 18.2 Å². The van der Waals surface area contributed by atoms with Gasteiger partial charge >= 0.3 is 0 Å². The first-order valence-corrected chi connectivity index (χ1v) is 8.78. The predicted molar refractivity (Wildman–Crippen MR) is 86.8 cm³/mol. The fraction of sp³-hybridized carbons (Fsp3) is 0.650. The van der Waals surface area contributed by atoms with Gasteiger partial charge in [-0.2, -0.15) is 0 Å². The van der Waals surface area contributed by atoms with Crippen LogP contribution in [0.1, 0.15) is 57.1 Å². The van der Waals surface area contributed by atoms with E-state index in [0.29, 0.717) is 35.2 Å². The third-order valence-electron chi connectivity index (χ3n) is 7.01. The lowest BCUT2D eigenvalue weighted by Crippen LogP contribution is -2.46. The van der Waals surface area contributed by atoms with Crippen molar-refractivity contribution in [2.45, 2.75) is 52.4 Å². The Balaban J connectivity index is 1.78. The molecule has 0 saturated heterocycles. The lowest BCUT2D eigenvalue weighted by molar-refractivity contribution is -0.133. The van der Waals surface area contributed by atoms with Crippen molar-refractivity contribution < 1.29 is 9.90 Å². The van der Waals surface area contributed by atoms with Gasteiger partial charge in [-0.15, -0.1) is 0 Å². The maximum Gasteiger partial charge on any atom is 0.141 e. The van der Waals surface area contributed by atoms with Crippen molar-refractivity contribution >= 4 is 5.78 Å². The molecule has 0 heterocycles. The minimum atomic E-state index is -0.0889. The van der Waals surface area contributed by atoms with Crippen LogP contribution in [-0.2, 0) is 11.2 Å². The molecule has 3 aliphatic carbocycles. The Morgan fingerprint density at radius 2 is 2.05 bits per heavy atom. The van der Waals surface area contributed by atoms with Crippen molar-refractivity contribution in [2.24, 2.45) is 29.1 Å². The molecule has 2 nitrogen and oxygen atoms in total. The normalized spacial score (nSPS) is 43.4. The van der Waals surface area contributed by atoms with Crippen molar-refractivity contribution in [2.75, 3.05) is 0 Å². The SMILES string of the molecule is CC1CC2C3CCc4cc(O)ccc4C3C(C)CC2(C)C1=O. The van der Waals surface area contributed by atoms with Crippen molar-refractivity contribution in [1.82, 2.24) is 0 Å². The van der Waals surface area contributed by atoms with Crippen LogP contribution in [0.2, 0.25) is 0 Å². The second-order valence-corrected chi connectivity index (χ2v) is 8.32. The Morgan fingerprint density at radius 1 is 1.27 bits per heavy atom. The van der Waals surface area contributed by atoms with Gasteiger partial charge in [-0.25, -0.2) is 0 Å². The van der Waals surface area contributed by atoms with E-state index in [1.807, 2.05) is 12.1 Å². The van der Waals surface area contributed by atoms with E-state index in [4.69, 9.17) is 0 Å². The highest BCUT2D eigenvalue weighted by atomic mass is 16.3. The van der Waals surface area contributed by atoms with Gasteiger partial charge in [0.15, 0.2) is 0 Å². The highest BCUT2D eigenvalue weighted by Crippen LogP contribution is 2.62. The van der Waals surface area contributed by atoms with Gasteiger partial charge in [0.05, 0.1) is 0 Å². The minimum absolute atomic E-state index is 0.0889. The van der Waals surface area contributed by atoms with E-state index in [0.717, 1.165) is 19.3 Å². The van der Waals surface area contributed by atoms with Gasteiger partial charge in [0.25, 0.3) is 0 Å². The zero-order valence-electron chi connectivity index (χ0n) is 13.8. The molecule has 0 aliphatic heterocycles. The van der Waals surface area contributed by atoms with Gasteiger partial charge in [-0.05, 0) is 72.6 Å². The lowest BCUT2D eigenvalue weighted by Gasteiger charge is -2.51. The molecule has 6 unspecified atom stereocenters. The first-order chi connectivity index (χ1) is 10.4. The van der Waals surface area contributed by atoms with Crippen LogP contribution in [0.3, 0.4) is 0 Å². The molecule has 1 aromatic rings. The van der Waals surface area contributed by atoms with Crippen LogP contribution < -0.4 is 0 Å². The number of fused-ring (bicyclic) bond motifs is 5. The molecule has 2 heteroatoms. The summed E-state index contributed by atoms with van der Waals surface area (Å²) in [5.74, 6) is 3.44. The number of aromatic hydroxyl groups is 1. The number of rotatable bonds is 0. The Kier molecular flexibility index (Phi) is 2.99. The van der Waals surface area contributed by atoms with Crippen LogP contribution >= 0.6 is 0 Å². The van der Waals surface area contributed by atoms with Gasteiger partial charge in [-0.1, -0.05) is 26.8 Å². The second-order valence-electron chi connectivity index (χ2n) is 8.32. The summed E-state index contributed by atoms with van der Waals surface area (Å²) in [6.07, 6.45) is 4.33. The molecular formula is C20H26O2. The number of carbonyl (C=O) groups is 1. The summed E-state index contributed by atoms with van der Waals surface area (Å²) < 4.78 is 0. The van der Waals surface area contributed by atoms with Crippen LogP contribution in [0.5, 0.6) is 5.75 Å². The van der Waals surface area contributed by atoms with Gasteiger partial charge in [0, 0.05) is 11.3 Å². The van der Waals surface area contributed by atoms with E-state index in [-0.39, 0.29) is 11.3 Å².